The Morgan fingerprint density at radius 2 is 1.19 bits per heavy atom. The first-order valence-electron chi connectivity index (χ1n) is 10.7. The Kier molecular flexibility index (Phi) is 13.4. The van der Waals surface area contributed by atoms with Crippen LogP contribution in [0.3, 0.4) is 0 Å². The summed E-state index contributed by atoms with van der Waals surface area (Å²) >= 11 is 5.81. The molecule has 0 heterocycles. The molecule has 3 nitrogen and oxygen atoms in total. The van der Waals surface area contributed by atoms with Crippen molar-refractivity contribution in [1.29, 1.82) is 0 Å². The fourth-order valence-corrected chi connectivity index (χ4v) is 4.09. The number of alkyl halides is 1. The molecule has 1 aromatic rings. The smallest absolute Gasteiger partial charge is 0.323 e. The van der Waals surface area contributed by atoms with Gasteiger partial charge in [0.2, 0.25) is 0 Å². The van der Waals surface area contributed by atoms with E-state index in [4.69, 9.17) is 21.4 Å². The fourth-order valence-electron chi connectivity index (χ4n) is 3.38. The summed E-state index contributed by atoms with van der Waals surface area (Å²) in [6.45, 7) is 2.27. The lowest BCUT2D eigenvalue weighted by Crippen LogP contribution is -1.93. The Bertz CT molecular complexity index is 527. The van der Waals surface area contributed by atoms with Crippen LogP contribution < -0.4 is 0 Å². The monoisotopic (exact) mass is 416 g/mol. The predicted molar refractivity (Wildman–Crippen MR) is 116 cm³/mol. The fraction of sp³-hybridized carbons (Fsp3) is 0.727. The van der Waals surface area contributed by atoms with E-state index in [1.807, 2.05) is 12.1 Å². The second kappa shape index (κ2) is 14.6. The lowest BCUT2D eigenvalue weighted by atomic mass is 10.0. The van der Waals surface area contributed by atoms with E-state index in [0.717, 1.165) is 6.42 Å². The van der Waals surface area contributed by atoms with Gasteiger partial charge in [0.05, 0.1) is 0 Å². The molecular formula is C22H38ClO3P. The van der Waals surface area contributed by atoms with Crippen molar-refractivity contribution in [2.45, 2.75) is 102 Å². The quantitative estimate of drug-likeness (QED) is 0.164. The number of hydrogen-bond acceptors (Lipinski definition) is 1. The van der Waals surface area contributed by atoms with Gasteiger partial charge >= 0.3 is 7.60 Å². The molecular weight excluding hydrogens is 379 g/mol. The Hall–Kier alpha value is -0.340. The van der Waals surface area contributed by atoms with Crippen molar-refractivity contribution >= 4 is 19.2 Å². The number of hydrogen-bond donors (Lipinski definition) is 2. The summed E-state index contributed by atoms with van der Waals surface area (Å²) in [5.74, 6) is 0. The lowest BCUT2D eigenvalue weighted by molar-refractivity contribution is 0.370. The van der Waals surface area contributed by atoms with Crippen molar-refractivity contribution in [3.05, 3.63) is 35.4 Å². The standard InChI is InChI=1S/C22H38ClO3P/c1-2-3-4-5-6-7-8-9-10-11-12-13-14-15-20-16-18-21(19-17-20)22(23)27(24,25)26/h16-19,22H,2-15H2,1H3,(H2,24,25,26). The van der Waals surface area contributed by atoms with Gasteiger partial charge in [-0.1, -0.05) is 108 Å². The zero-order chi connectivity index (χ0) is 20.0. The van der Waals surface area contributed by atoms with E-state index in [1.54, 1.807) is 12.1 Å². The van der Waals surface area contributed by atoms with Crippen molar-refractivity contribution in [3.8, 4) is 0 Å². The summed E-state index contributed by atoms with van der Waals surface area (Å²) in [7, 11) is -4.28. The van der Waals surface area contributed by atoms with Gasteiger partial charge in [-0.05, 0) is 24.0 Å². The molecule has 1 aromatic carbocycles. The Balaban J connectivity index is 2.00. The maximum absolute atomic E-state index is 11.2. The van der Waals surface area contributed by atoms with Gasteiger partial charge in [0.1, 0.15) is 0 Å². The average Bonchev–Trinajstić information content (AvgIpc) is 2.64. The Labute approximate surface area is 171 Å². The van der Waals surface area contributed by atoms with Gasteiger partial charge in [0, 0.05) is 0 Å². The first-order chi connectivity index (χ1) is 12.9. The molecule has 27 heavy (non-hydrogen) atoms. The van der Waals surface area contributed by atoms with Crippen LogP contribution in [0.25, 0.3) is 0 Å². The summed E-state index contributed by atoms with van der Waals surface area (Å²) in [6, 6.07) is 7.32. The Morgan fingerprint density at radius 3 is 1.59 bits per heavy atom. The second-order valence-electron chi connectivity index (χ2n) is 7.66. The van der Waals surface area contributed by atoms with E-state index in [9.17, 15) is 4.57 Å². The van der Waals surface area contributed by atoms with Gasteiger partial charge in [-0.15, -0.1) is 11.6 Å². The van der Waals surface area contributed by atoms with Gasteiger partial charge < -0.3 is 9.79 Å². The van der Waals surface area contributed by atoms with Crippen molar-refractivity contribution in [3.63, 3.8) is 0 Å². The highest BCUT2D eigenvalue weighted by Crippen LogP contribution is 2.54. The van der Waals surface area contributed by atoms with Gasteiger partial charge in [-0.3, -0.25) is 4.57 Å². The Morgan fingerprint density at radius 1 is 0.778 bits per heavy atom. The van der Waals surface area contributed by atoms with E-state index in [0.29, 0.717) is 5.56 Å². The van der Waals surface area contributed by atoms with Crippen molar-refractivity contribution in [2.24, 2.45) is 0 Å². The first kappa shape index (κ1) is 24.7. The molecule has 0 saturated carbocycles. The lowest BCUT2D eigenvalue weighted by Gasteiger charge is -2.12. The minimum absolute atomic E-state index is 0.485. The van der Waals surface area contributed by atoms with Crippen molar-refractivity contribution < 1.29 is 14.4 Å². The zero-order valence-corrected chi connectivity index (χ0v) is 18.6. The molecule has 156 valence electrons. The van der Waals surface area contributed by atoms with Crippen LogP contribution in [0.2, 0.25) is 0 Å². The number of rotatable bonds is 16. The molecule has 2 N–H and O–H groups in total. The van der Waals surface area contributed by atoms with Crippen molar-refractivity contribution in [1.82, 2.24) is 0 Å². The van der Waals surface area contributed by atoms with Crippen LogP contribution in [0.5, 0.6) is 0 Å². The van der Waals surface area contributed by atoms with Crippen LogP contribution in [-0.2, 0) is 11.0 Å². The third-order valence-corrected chi connectivity index (χ3v) is 7.02. The third kappa shape index (κ3) is 12.0. The molecule has 0 amide bonds. The van der Waals surface area contributed by atoms with E-state index in [-0.39, 0.29) is 0 Å². The van der Waals surface area contributed by atoms with E-state index in [1.165, 1.54) is 89.0 Å². The van der Waals surface area contributed by atoms with Crippen LogP contribution in [0.15, 0.2) is 24.3 Å². The summed E-state index contributed by atoms with van der Waals surface area (Å²) < 4.78 is 11.2. The summed E-state index contributed by atoms with van der Waals surface area (Å²) in [5.41, 5.74) is 1.69. The molecule has 0 bridgehead atoms. The maximum atomic E-state index is 11.2. The number of benzene rings is 1. The van der Waals surface area contributed by atoms with Crippen LogP contribution in [-0.4, -0.2) is 9.79 Å². The minimum atomic E-state index is -4.28. The third-order valence-electron chi connectivity index (χ3n) is 5.12. The molecule has 1 rings (SSSR count). The second-order valence-corrected chi connectivity index (χ2v) is 10.1. The highest BCUT2D eigenvalue weighted by atomic mass is 35.5. The first-order valence-corrected chi connectivity index (χ1v) is 12.8. The van der Waals surface area contributed by atoms with Gasteiger partial charge in [-0.2, -0.15) is 0 Å². The molecule has 5 heteroatoms. The van der Waals surface area contributed by atoms with Crippen LogP contribution in [0.1, 0.15) is 107 Å². The predicted octanol–water partition coefficient (Wildman–Crippen LogP) is 7.74. The van der Waals surface area contributed by atoms with Crippen LogP contribution in [0.4, 0.5) is 0 Å². The molecule has 0 aliphatic heterocycles. The number of halogens is 1. The highest BCUT2D eigenvalue weighted by Gasteiger charge is 2.27. The summed E-state index contributed by atoms with van der Waals surface area (Å²) in [4.78, 5) is 18.2. The molecule has 1 unspecified atom stereocenters. The molecule has 0 aliphatic carbocycles. The number of unbranched alkanes of at least 4 members (excludes halogenated alkanes) is 12. The number of aryl methyl sites for hydroxylation is 1. The maximum Gasteiger partial charge on any atom is 0.347 e. The molecule has 0 saturated heterocycles. The van der Waals surface area contributed by atoms with Crippen LogP contribution >= 0.6 is 19.2 Å². The topological polar surface area (TPSA) is 57.5 Å². The van der Waals surface area contributed by atoms with Gasteiger partial charge in [0.15, 0.2) is 5.12 Å². The largest absolute Gasteiger partial charge is 0.347 e. The van der Waals surface area contributed by atoms with E-state index in [2.05, 4.69) is 6.92 Å². The molecule has 0 spiro atoms. The minimum Gasteiger partial charge on any atom is -0.323 e. The van der Waals surface area contributed by atoms with E-state index >= 15 is 0 Å². The SMILES string of the molecule is CCCCCCCCCCCCCCCc1ccc(C(Cl)P(=O)(O)O)cc1. The highest BCUT2D eigenvalue weighted by molar-refractivity contribution is 7.54. The summed E-state index contributed by atoms with van der Waals surface area (Å²) in [5, 5.41) is -1.25. The van der Waals surface area contributed by atoms with E-state index < -0.39 is 12.7 Å². The average molecular weight is 417 g/mol. The molecule has 0 fully saturated rings. The molecule has 0 aromatic heterocycles. The van der Waals surface area contributed by atoms with Gasteiger partial charge in [-0.25, -0.2) is 0 Å². The van der Waals surface area contributed by atoms with Crippen LogP contribution in [0, 0.1) is 0 Å². The molecule has 0 aliphatic rings. The normalized spacial score (nSPS) is 13.0. The molecule has 0 radical (unpaired) electrons. The zero-order valence-electron chi connectivity index (χ0n) is 16.9. The van der Waals surface area contributed by atoms with Gasteiger partial charge in [0.25, 0.3) is 0 Å². The summed E-state index contributed by atoms with van der Waals surface area (Å²) in [6.07, 6.45) is 18.6. The van der Waals surface area contributed by atoms with Crippen molar-refractivity contribution in [2.75, 3.05) is 0 Å². The molecule has 1 atom stereocenters.